The lowest BCUT2D eigenvalue weighted by atomic mass is 9.87. The highest BCUT2D eigenvalue weighted by Gasteiger charge is 2.26. The van der Waals surface area contributed by atoms with Gasteiger partial charge in [-0.15, -0.1) is 0 Å². The number of allylic oxidation sites excluding steroid dienone is 4. The highest BCUT2D eigenvalue weighted by Crippen LogP contribution is 2.46. The van der Waals surface area contributed by atoms with E-state index in [-0.39, 0.29) is 0 Å². The van der Waals surface area contributed by atoms with Crippen LogP contribution in [-0.4, -0.2) is 14.5 Å². The number of hydrogen-bond donors (Lipinski definition) is 0. The standard InChI is InChI=1S/C52H41N3/c1-32-16-8-10-20-40(32)49-35(4)53-50(39-28-26-37(27-29-39)36-17-6-5-7-18-36)52(54-49)55-46-25-15-14-24-45(46)48-44-23-13-12-22-43(44)47(34(3)51(48)55)42-31-30-38-19-9-11-21-41(38)33(42)2/h5-9,11-19,21-31H,10,20H2,1-4H3. The zero-order valence-electron chi connectivity index (χ0n) is 31.7. The first-order chi connectivity index (χ1) is 27.0. The number of fused-ring (bicyclic) bond motifs is 6. The zero-order valence-corrected chi connectivity index (χ0v) is 31.7. The van der Waals surface area contributed by atoms with Gasteiger partial charge in [-0.1, -0.05) is 146 Å². The van der Waals surface area contributed by atoms with Crippen LogP contribution in [0.1, 0.15) is 42.3 Å². The largest absolute Gasteiger partial charge is 0.292 e. The molecule has 0 saturated carbocycles. The number of aryl methyl sites for hydroxylation is 3. The van der Waals surface area contributed by atoms with Gasteiger partial charge >= 0.3 is 0 Å². The molecule has 264 valence electrons. The van der Waals surface area contributed by atoms with E-state index in [0.29, 0.717) is 0 Å². The van der Waals surface area contributed by atoms with Crippen LogP contribution >= 0.6 is 0 Å². The molecule has 9 aromatic rings. The Kier molecular flexibility index (Phi) is 7.85. The minimum Gasteiger partial charge on any atom is -0.292 e. The average Bonchev–Trinajstić information content (AvgIpc) is 3.58. The average molecular weight is 708 g/mol. The monoisotopic (exact) mass is 707 g/mol. The van der Waals surface area contributed by atoms with Crippen molar-refractivity contribution in [3.05, 3.63) is 180 Å². The quantitative estimate of drug-likeness (QED) is 0.178. The number of benzene rings is 7. The molecule has 0 saturated heterocycles. The first-order valence-corrected chi connectivity index (χ1v) is 19.3. The molecule has 0 aliphatic heterocycles. The number of hydrogen-bond acceptors (Lipinski definition) is 2. The Morgan fingerprint density at radius 2 is 1.18 bits per heavy atom. The van der Waals surface area contributed by atoms with Crippen LogP contribution in [0.25, 0.3) is 88.3 Å². The molecule has 1 aliphatic carbocycles. The summed E-state index contributed by atoms with van der Waals surface area (Å²) in [6, 6.07) is 50.5. The van der Waals surface area contributed by atoms with E-state index in [0.717, 1.165) is 46.8 Å². The molecule has 0 atom stereocenters. The van der Waals surface area contributed by atoms with Crippen LogP contribution in [0.5, 0.6) is 0 Å². The zero-order chi connectivity index (χ0) is 37.2. The van der Waals surface area contributed by atoms with E-state index in [1.54, 1.807) is 0 Å². The fraction of sp³-hybridized carbons (Fsp3) is 0.115. The lowest BCUT2D eigenvalue weighted by molar-refractivity contribution is 0.964. The van der Waals surface area contributed by atoms with Gasteiger partial charge in [0.15, 0.2) is 5.82 Å². The minimum absolute atomic E-state index is 0.855. The first-order valence-electron chi connectivity index (χ1n) is 19.3. The Morgan fingerprint density at radius 1 is 0.527 bits per heavy atom. The van der Waals surface area contributed by atoms with Crippen molar-refractivity contribution in [3.63, 3.8) is 0 Å². The molecule has 55 heavy (non-hydrogen) atoms. The second-order valence-electron chi connectivity index (χ2n) is 15.0. The van der Waals surface area contributed by atoms with Crippen molar-refractivity contribution in [1.82, 2.24) is 14.5 Å². The summed E-state index contributed by atoms with van der Waals surface area (Å²) < 4.78 is 2.43. The molecule has 10 rings (SSSR count). The van der Waals surface area contributed by atoms with Crippen LogP contribution in [-0.2, 0) is 0 Å². The molecule has 3 heteroatoms. The molecule has 0 spiro atoms. The molecule has 0 amide bonds. The van der Waals surface area contributed by atoms with Gasteiger partial charge in [-0.05, 0) is 113 Å². The molecule has 0 N–H and O–H groups in total. The highest BCUT2D eigenvalue weighted by atomic mass is 15.1. The molecule has 0 unspecified atom stereocenters. The summed E-state index contributed by atoms with van der Waals surface area (Å²) in [5, 5.41) is 7.50. The van der Waals surface area contributed by atoms with Crippen LogP contribution in [0.4, 0.5) is 0 Å². The van der Waals surface area contributed by atoms with Crippen molar-refractivity contribution < 1.29 is 0 Å². The topological polar surface area (TPSA) is 30.7 Å². The van der Waals surface area contributed by atoms with Gasteiger partial charge in [0.25, 0.3) is 0 Å². The van der Waals surface area contributed by atoms with E-state index in [1.165, 1.54) is 82.4 Å². The molecule has 0 radical (unpaired) electrons. The fourth-order valence-corrected chi connectivity index (χ4v) is 9.06. The third-order valence-corrected chi connectivity index (χ3v) is 11.8. The summed E-state index contributed by atoms with van der Waals surface area (Å²) in [6.45, 7) is 8.91. The molecule has 2 aromatic heterocycles. The summed E-state index contributed by atoms with van der Waals surface area (Å²) in [5.74, 6) is 0.855. The number of rotatable bonds is 5. The van der Waals surface area contributed by atoms with E-state index in [9.17, 15) is 0 Å². The normalized spacial score (nSPS) is 13.2. The van der Waals surface area contributed by atoms with E-state index in [1.807, 2.05) is 0 Å². The predicted molar refractivity (Wildman–Crippen MR) is 233 cm³/mol. The second-order valence-corrected chi connectivity index (χ2v) is 15.0. The first kappa shape index (κ1) is 33.0. The summed E-state index contributed by atoms with van der Waals surface area (Å²) in [6.07, 6.45) is 6.46. The predicted octanol–water partition coefficient (Wildman–Crippen LogP) is 13.9. The second kappa shape index (κ2) is 13.1. The summed E-state index contributed by atoms with van der Waals surface area (Å²) >= 11 is 0. The van der Waals surface area contributed by atoms with Crippen LogP contribution < -0.4 is 0 Å². The maximum atomic E-state index is 5.74. The smallest absolute Gasteiger partial charge is 0.165 e. The Morgan fingerprint density at radius 3 is 1.96 bits per heavy atom. The Labute approximate surface area is 322 Å². The van der Waals surface area contributed by atoms with Gasteiger partial charge in [-0.25, -0.2) is 9.97 Å². The van der Waals surface area contributed by atoms with Crippen molar-refractivity contribution in [2.45, 2.75) is 40.5 Å². The maximum absolute atomic E-state index is 5.74. The van der Waals surface area contributed by atoms with E-state index >= 15 is 0 Å². The van der Waals surface area contributed by atoms with Gasteiger partial charge in [0.1, 0.15) is 5.69 Å². The fourth-order valence-electron chi connectivity index (χ4n) is 9.06. The third-order valence-electron chi connectivity index (χ3n) is 11.8. The van der Waals surface area contributed by atoms with E-state index in [4.69, 9.17) is 9.97 Å². The van der Waals surface area contributed by atoms with Gasteiger partial charge in [-0.3, -0.25) is 4.57 Å². The maximum Gasteiger partial charge on any atom is 0.165 e. The van der Waals surface area contributed by atoms with Crippen molar-refractivity contribution in [1.29, 1.82) is 0 Å². The highest BCUT2D eigenvalue weighted by molar-refractivity contribution is 6.26. The Hall–Kier alpha value is -6.58. The van der Waals surface area contributed by atoms with Gasteiger partial charge in [-0.2, -0.15) is 0 Å². The number of nitrogens with zero attached hydrogens (tertiary/aromatic N) is 3. The van der Waals surface area contributed by atoms with Crippen molar-refractivity contribution >= 4 is 48.9 Å². The third kappa shape index (κ3) is 5.26. The lowest BCUT2D eigenvalue weighted by Gasteiger charge is -2.21. The molecule has 7 aromatic carbocycles. The van der Waals surface area contributed by atoms with Crippen LogP contribution in [0.15, 0.2) is 157 Å². The van der Waals surface area contributed by atoms with E-state index in [2.05, 4.69) is 184 Å². The molecular weight excluding hydrogens is 667 g/mol. The summed E-state index contributed by atoms with van der Waals surface area (Å²) in [4.78, 5) is 11.2. The van der Waals surface area contributed by atoms with Gasteiger partial charge in [0.05, 0.1) is 22.4 Å². The lowest BCUT2D eigenvalue weighted by Crippen LogP contribution is -2.10. The molecule has 1 aliphatic rings. The number of para-hydroxylation sites is 1. The Bertz CT molecular complexity index is 3050. The molecule has 0 bridgehead atoms. The molecule has 2 heterocycles. The van der Waals surface area contributed by atoms with Crippen LogP contribution in [0.3, 0.4) is 0 Å². The van der Waals surface area contributed by atoms with Gasteiger partial charge in [0, 0.05) is 16.3 Å². The summed E-state index contributed by atoms with van der Waals surface area (Å²) in [7, 11) is 0. The SMILES string of the molecule is CC1=C(c2nc(-n3c4ccccc4c4c5ccccc5c(-c5ccc6ccccc6c5C)c(C)c43)c(-c3ccc(-c4ccccc4)cc3)nc2C)CCC=C1. The van der Waals surface area contributed by atoms with Crippen molar-refractivity contribution in [2.24, 2.45) is 0 Å². The van der Waals surface area contributed by atoms with E-state index < -0.39 is 0 Å². The van der Waals surface area contributed by atoms with Gasteiger partial charge < -0.3 is 0 Å². The number of aromatic nitrogens is 3. The summed E-state index contributed by atoms with van der Waals surface area (Å²) in [5.41, 5.74) is 16.1. The molecule has 0 fully saturated rings. The molecule has 3 nitrogen and oxygen atoms in total. The minimum atomic E-state index is 0.855. The Balaban J connectivity index is 1.34. The van der Waals surface area contributed by atoms with Crippen LogP contribution in [0.2, 0.25) is 0 Å². The van der Waals surface area contributed by atoms with Crippen LogP contribution in [0, 0.1) is 20.8 Å². The molecular formula is C52H41N3. The van der Waals surface area contributed by atoms with Crippen molar-refractivity contribution in [3.8, 4) is 39.3 Å². The van der Waals surface area contributed by atoms with Gasteiger partial charge in [0.2, 0.25) is 0 Å². The van der Waals surface area contributed by atoms with Crippen molar-refractivity contribution in [2.75, 3.05) is 0 Å².